The number of pyridine rings is 1. The number of nitrogens with zero attached hydrogens (tertiary/aromatic N) is 1. The number of anilines is 2. The summed E-state index contributed by atoms with van der Waals surface area (Å²) < 4.78 is 27.3. The Balaban J connectivity index is 1.53. The molecule has 1 heterocycles. The SMILES string of the molecule is C#Cc1ccc(CS(=O)(=O)Nc2ccc(NC(=O)NCc3ccncc3)cc2)cc1. The van der Waals surface area contributed by atoms with Gasteiger partial charge in [0.25, 0.3) is 0 Å². The van der Waals surface area contributed by atoms with E-state index in [9.17, 15) is 13.2 Å². The van der Waals surface area contributed by atoms with Crippen LogP contribution in [0.3, 0.4) is 0 Å². The topological polar surface area (TPSA) is 100 Å². The third-order valence-corrected chi connectivity index (χ3v) is 5.36. The average molecular weight is 420 g/mol. The van der Waals surface area contributed by atoms with Crippen LogP contribution in [0.2, 0.25) is 0 Å². The number of rotatable bonds is 7. The van der Waals surface area contributed by atoms with E-state index in [1.807, 2.05) is 12.1 Å². The third kappa shape index (κ3) is 6.36. The Morgan fingerprint density at radius 1 is 0.900 bits per heavy atom. The Morgan fingerprint density at radius 2 is 1.53 bits per heavy atom. The summed E-state index contributed by atoms with van der Waals surface area (Å²) in [7, 11) is -3.59. The van der Waals surface area contributed by atoms with Crippen molar-refractivity contribution in [2.24, 2.45) is 0 Å². The molecule has 0 fully saturated rings. The third-order valence-electron chi connectivity index (χ3n) is 4.10. The zero-order valence-corrected chi connectivity index (χ0v) is 16.8. The van der Waals surface area contributed by atoms with Crippen LogP contribution in [0.5, 0.6) is 0 Å². The van der Waals surface area contributed by atoms with Gasteiger partial charge in [-0.15, -0.1) is 6.42 Å². The molecular formula is C22H20N4O3S. The van der Waals surface area contributed by atoms with Crippen molar-refractivity contribution in [1.29, 1.82) is 0 Å². The van der Waals surface area contributed by atoms with E-state index < -0.39 is 10.0 Å². The largest absolute Gasteiger partial charge is 0.334 e. The van der Waals surface area contributed by atoms with E-state index in [0.717, 1.165) is 5.56 Å². The Kier molecular flexibility index (Phi) is 6.67. The minimum absolute atomic E-state index is 0.171. The molecule has 0 saturated carbocycles. The van der Waals surface area contributed by atoms with Gasteiger partial charge in [-0.05, 0) is 59.7 Å². The molecule has 0 aliphatic carbocycles. The molecule has 3 rings (SSSR count). The maximum Gasteiger partial charge on any atom is 0.319 e. The molecule has 1 aromatic heterocycles. The number of carbonyl (C=O) groups is 1. The summed E-state index contributed by atoms with van der Waals surface area (Å²) in [5.41, 5.74) is 3.19. The molecule has 0 spiro atoms. The van der Waals surface area contributed by atoms with Crippen LogP contribution < -0.4 is 15.4 Å². The highest BCUT2D eigenvalue weighted by Gasteiger charge is 2.12. The maximum atomic E-state index is 12.4. The van der Waals surface area contributed by atoms with Crippen LogP contribution in [0.15, 0.2) is 73.1 Å². The molecule has 2 aromatic carbocycles. The van der Waals surface area contributed by atoms with Gasteiger partial charge >= 0.3 is 6.03 Å². The zero-order valence-electron chi connectivity index (χ0n) is 16.0. The van der Waals surface area contributed by atoms with Gasteiger partial charge in [0.05, 0.1) is 5.75 Å². The number of hydrogen-bond donors (Lipinski definition) is 3. The van der Waals surface area contributed by atoms with Gasteiger partial charge in [-0.3, -0.25) is 9.71 Å². The number of urea groups is 1. The number of hydrogen-bond acceptors (Lipinski definition) is 4. The molecule has 2 amide bonds. The summed E-state index contributed by atoms with van der Waals surface area (Å²) in [5, 5.41) is 5.43. The van der Waals surface area contributed by atoms with E-state index in [4.69, 9.17) is 6.42 Å². The lowest BCUT2D eigenvalue weighted by molar-refractivity contribution is 0.251. The molecule has 0 atom stereocenters. The average Bonchev–Trinajstić information content (AvgIpc) is 2.74. The first-order valence-corrected chi connectivity index (χ1v) is 10.7. The highest BCUT2D eigenvalue weighted by molar-refractivity contribution is 7.91. The van der Waals surface area contributed by atoms with Gasteiger partial charge < -0.3 is 10.6 Å². The fourth-order valence-corrected chi connectivity index (χ4v) is 3.81. The minimum atomic E-state index is -3.59. The minimum Gasteiger partial charge on any atom is -0.334 e. The van der Waals surface area contributed by atoms with Crippen LogP contribution in [0.25, 0.3) is 0 Å². The Hall–Kier alpha value is -3.83. The van der Waals surface area contributed by atoms with E-state index >= 15 is 0 Å². The predicted octanol–water partition coefficient (Wildman–Crippen LogP) is 3.33. The second-order valence-corrected chi connectivity index (χ2v) is 8.17. The van der Waals surface area contributed by atoms with Crippen LogP contribution in [0.1, 0.15) is 16.7 Å². The second-order valence-electron chi connectivity index (χ2n) is 6.44. The number of carbonyl (C=O) groups excluding carboxylic acids is 1. The van der Waals surface area contributed by atoms with E-state index in [1.165, 1.54) is 0 Å². The molecular weight excluding hydrogens is 400 g/mol. The summed E-state index contributed by atoms with van der Waals surface area (Å²) in [5.74, 6) is 2.32. The highest BCUT2D eigenvalue weighted by atomic mass is 32.2. The summed E-state index contributed by atoms with van der Waals surface area (Å²) in [4.78, 5) is 15.9. The number of terminal acetylenes is 1. The second kappa shape index (κ2) is 9.58. The summed E-state index contributed by atoms with van der Waals surface area (Å²) >= 11 is 0. The normalized spacial score (nSPS) is 10.6. The van der Waals surface area contributed by atoms with Crippen LogP contribution in [-0.4, -0.2) is 19.4 Å². The van der Waals surface area contributed by atoms with Crippen LogP contribution in [0, 0.1) is 12.3 Å². The van der Waals surface area contributed by atoms with E-state index in [1.54, 1.807) is 60.9 Å². The van der Waals surface area contributed by atoms with Gasteiger partial charge in [-0.25, -0.2) is 13.2 Å². The quantitative estimate of drug-likeness (QED) is 0.511. The molecule has 7 nitrogen and oxygen atoms in total. The van der Waals surface area contributed by atoms with Crippen LogP contribution in [-0.2, 0) is 22.3 Å². The fraction of sp³-hybridized carbons (Fsp3) is 0.0909. The molecule has 0 bridgehead atoms. The van der Waals surface area contributed by atoms with Crippen LogP contribution in [0.4, 0.5) is 16.2 Å². The standard InChI is InChI=1S/C22H20N4O3S/c1-2-17-3-5-19(6-4-17)16-30(28,29)26-21-9-7-20(8-10-21)25-22(27)24-15-18-11-13-23-14-12-18/h1,3-14,26H,15-16H2,(H2,24,25,27). The molecule has 3 N–H and O–H groups in total. The summed E-state index contributed by atoms with van der Waals surface area (Å²) in [6.45, 7) is 0.370. The maximum absolute atomic E-state index is 12.4. The first-order valence-electron chi connectivity index (χ1n) is 9.03. The molecule has 0 aliphatic heterocycles. The van der Waals surface area contributed by atoms with Crippen LogP contribution >= 0.6 is 0 Å². The summed E-state index contributed by atoms with van der Waals surface area (Å²) in [6, 6.07) is 16.4. The highest BCUT2D eigenvalue weighted by Crippen LogP contribution is 2.17. The van der Waals surface area contributed by atoms with Gasteiger partial charge in [-0.1, -0.05) is 18.1 Å². The molecule has 0 aliphatic rings. The number of aromatic nitrogens is 1. The van der Waals surface area contributed by atoms with E-state index in [0.29, 0.717) is 29.0 Å². The fourth-order valence-electron chi connectivity index (χ4n) is 2.61. The van der Waals surface area contributed by atoms with Crippen molar-refractivity contribution in [3.63, 3.8) is 0 Å². The van der Waals surface area contributed by atoms with Crippen molar-refractivity contribution in [2.75, 3.05) is 10.0 Å². The molecule has 0 radical (unpaired) electrons. The van der Waals surface area contributed by atoms with Crippen molar-refractivity contribution in [1.82, 2.24) is 10.3 Å². The van der Waals surface area contributed by atoms with Gasteiger partial charge in [0, 0.05) is 35.9 Å². The Bertz CT molecular complexity index is 1140. The molecule has 3 aromatic rings. The lowest BCUT2D eigenvalue weighted by Gasteiger charge is -2.10. The molecule has 152 valence electrons. The molecule has 8 heteroatoms. The van der Waals surface area contributed by atoms with Crippen molar-refractivity contribution >= 4 is 27.4 Å². The van der Waals surface area contributed by atoms with Gasteiger partial charge in [0.1, 0.15) is 0 Å². The summed E-state index contributed by atoms with van der Waals surface area (Å²) in [6.07, 6.45) is 8.61. The van der Waals surface area contributed by atoms with Crippen molar-refractivity contribution < 1.29 is 13.2 Å². The van der Waals surface area contributed by atoms with Crippen molar-refractivity contribution in [3.05, 3.63) is 89.7 Å². The molecule has 0 saturated heterocycles. The van der Waals surface area contributed by atoms with Crippen molar-refractivity contribution in [3.8, 4) is 12.3 Å². The van der Waals surface area contributed by atoms with Gasteiger partial charge in [0.15, 0.2) is 0 Å². The van der Waals surface area contributed by atoms with E-state index in [-0.39, 0.29) is 11.8 Å². The number of sulfonamides is 1. The molecule has 30 heavy (non-hydrogen) atoms. The number of amides is 2. The monoisotopic (exact) mass is 420 g/mol. The first-order chi connectivity index (χ1) is 14.4. The number of nitrogens with one attached hydrogen (secondary N) is 3. The zero-order chi connectivity index (χ0) is 21.4. The Labute approximate surface area is 175 Å². The lowest BCUT2D eigenvalue weighted by Crippen LogP contribution is -2.28. The van der Waals surface area contributed by atoms with E-state index in [2.05, 4.69) is 26.3 Å². The number of benzene rings is 2. The van der Waals surface area contributed by atoms with Gasteiger partial charge in [-0.2, -0.15) is 0 Å². The lowest BCUT2D eigenvalue weighted by atomic mass is 10.2. The molecule has 0 unspecified atom stereocenters. The van der Waals surface area contributed by atoms with Crippen molar-refractivity contribution in [2.45, 2.75) is 12.3 Å². The first kappa shape index (κ1) is 20.9. The Morgan fingerprint density at radius 3 is 2.17 bits per heavy atom. The predicted molar refractivity (Wildman–Crippen MR) is 117 cm³/mol. The van der Waals surface area contributed by atoms with Gasteiger partial charge in [0.2, 0.25) is 10.0 Å². The smallest absolute Gasteiger partial charge is 0.319 e.